The van der Waals surface area contributed by atoms with Gasteiger partial charge in [0, 0.05) is 21.7 Å². The van der Waals surface area contributed by atoms with Gasteiger partial charge in [-0.05, 0) is 42.0 Å². The Hall–Kier alpha value is -3.48. The van der Waals surface area contributed by atoms with Crippen molar-refractivity contribution in [3.05, 3.63) is 106 Å². The first-order valence-corrected chi connectivity index (χ1v) is 9.48. The summed E-state index contributed by atoms with van der Waals surface area (Å²) in [7, 11) is 0. The molecular formula is C23H16ClNO5. The first-order chi connectivity index (χ1) is 14.4. The Balaban J connectivity index is 1.51. The van der Waals surface area contributed by atoms with E-state index in [1.165, 1.54) is 6.07 Å². The highest BCUT2D eigenvalue weighted by molar-refractivity contribution is 6.30. The molecule has 0 radical (unpaired) electrons. The fourth-order valence-electron chi connectivity index (χ4n) is 3.16. The van der Waals surface area contributed by atoms with Gasteiger partial charge in [0.25, 0.3) is 6.29 Å². The van der Waals surface area contributed by atoms with Crippen molar-refractivity contribution in [1.29, 1.82) is 0 Å². The molecule has 0 bridgehead atoms. The van der Waals surface area contributed by atoms with Crippen molar-refractivity contribution in [2.45, 2.75) is 12.3 Å². The summed E-state index contributed by atoms with van der Waals surface area (Å²) in [5, 5.41) is 0.527. The molecule has 0 aliphatic carbocycles. The van der Waals surface area contributed by atoms with Crippen LogP contribution in [0.4, 0.5) is 0 Å². The lowest BCUT2D eigenvalue weighted by Gasteiger charge is -2.16. The van der Waals surface area contributed by atoms with E-state index in [1.807, 2.05) is 0 Å². The molecule has 30 heavy (non-hydrogen) atoms. The van der Waals surface area contributed by atoms with E-state index in [0.29, 0.717) is 32.8 Å². The summed E-state index contributed by atoms with van der Waals surface area (Å²) in [6.45, 7) is 0. The maximum atomic E-state index is 12.7. The van der Waals surface area contributed by atoms with Crippen LogP contribution in [0.5, 0.6) is 0 Å². The quantitative estimate of drug-likeness (QED) is 0.494. The molecule has 150 valence electrons. The predicted octanol–water partition coefficient (Wildman–Crippen LogP) is 3.98. The number of ether oxygens (including phenoxy) is 2. The number of rotatable bonds is 5. The number of hydrogen-bond acceptors (Lipinski definition) is 6. The third-order valence-electron chi connectivity index (χ3n) is 4.74. The highest BCUT2D eigenvalue weighted by atomic mass is 35.5. The predicted molar refractivity (Wildman–Crippen MR) is 109 cm³/mol. The van der Waals surface area contributed by atoms with E-state index in [4.69, 9.17) is 26.8 Å². The third kappa shape index (κ3) is 3.83. The SMILES string of the molecule is NC(C(=O)OC1OC(=O)c2ccccc21)c1cccc(C(=O)c2ccc(Cl)cc2)c1. The van der Waals surface area contributed by atoms with Crippen molar-refractivity contribution in [2.75, 3.05) is 0 Å². The zero-order chi connectivity index (χ0) is 21.3. The number of ketones is 1. The molecule has 1 heterocycles. The molecule has 4 rings (SSSR count). The maximum Gasteiger partial charge on any atom is 0.342 e. The van der Waals surface area contributed by atoms with Gasteiger partial charge in [-0.25, -0.2) is 9.59 Å². The molecule has 3 aromatic carbocycles. The minimum Gasteiger partial charge on any atom is -0.419 e. The Morgan fingerprint density at radius 2 is 1.70 bits per heavy atom. The lowest BCUT2D eigenvalue weighted by molar-refractivity contribution is -0.169. The third-order valence-corrected chi connectivity index (χ3v) is 4.99. The van der Waals surface area contributed by atoms with Crippen molar-refractivity contribution >= 4 is 29.3 Å². The summed E-state index contributed by atoms with van der Waals surface area (Å²) >= 11 is 5.86. The molecule has 2 N–H and O–H groups in total. The van der Waals surface area contributed by atoms with Crippen molar-refractivity contribution in [3.8, 4) is 0 Å². The van der Waals surface area contributed by atoms with Gasteiger partial charge in [0.2, 0.25) is 0 Å². The van der Waals surface area contributed by atoms with Gasteiger partial charge >= 0.3 is 11.9 Å². The second kappa shape index (κ2) is 8.10. The molecule has 1 aliphatic rings. The van der Waals surface area contributed by atoms with E-state index in [-0.39, 0.29) is 5.78 Å². The van der Waals surface area contributed by atoms with Crippen molar-refractivity contribution < 1.29 is 23.9 Å². The van der Waals surface area contributed by atoms with Gasteiger partial charge in [-0.2, -0.15) is 0 Å². The number of carbonyl (C=O) groups excluding carboxylic acids is 3. The van der Waals surface area contributed by atoms with Crippen LogP contribution in [-0.2, 0) is 14.3 Å². The van der Waals surface area contributed by atoms with Gasteiger partial charge < -0.3 is 15.2 Å². The minimum absolute atomic E-state index is 0.229. The smallest absolute Gasteiger partial charge is 0.342 e. The second-order valence-corrected chi connectivity index (χ2v) is 7.14. The largest absolute Gasteiger partial charge is 0.419 e. The van der Waals surface area contributed by atoms with Gasteiger partial charge in [-0.3, -0.25) is 4.79 Å². The maximum absolute atomic E-state index is 12.7. The Bertz CT molecular complexity index is 1140. The fraction of sp³-hybridized carbons (Fsp3) is 0.0870. The Kier molecular flexibility index (Phi) is 5.35. The number of nitrogens with two attached hydrogens (primary N) is 1. The lowest BCUT2D eigenvalue weighted by Crippen LogP contribution is -2.25. The van der Waals surface area contributed by atoms with E-state index < -0.39 is 24.3 Å². The van der Waals surface area contributed by atoms with Crippen LogP contribution in [0.3, 0.4) is 0 Å². The van der Waals surface area contributed by atoms with Crippen LogP contribution < -0.4 is 5.73 Å². The number of halogens is 1. The van der Waals surface area contributed by atoms with Crippen molar-refractivity contribution in [3.63, 3.8) is 0 Å². The summed E-state index contributed by atoms with van der Waals surface area (Å²) in [6.07, 6.45) is -1.15. The topological polar surface area (TPSA) is 95.7 Å². The summed E-state index contributed by atoms with van der Waals surface area (Å²) < 4.78 is 10.4. The summed E-state index contributed by atoms with van der Waals surface area (Å²) in [6, 6.07) is 18.4. The van der Waals surface area contributed by atoms with Crippen LogP contribution in [0.15, 0.2) is 72.8 Å². The highest BCUT2D eigenvalue weighted by Crippen LogP contribution is 2.32. The monoisotopic (exact) mass is 421 g/mol. The molecule has 3 aromatic rings. The number of carbonyl (C=O) groups is 3. The molecule has 7 heteroatoms. The first kappa shape index (κ1) is 19.8. The second-order valence-electron chi connectivity index (χ2n) is 6.70. The molecule has 0 fully saturated rings. The Morgan fingerprint density at radius 3 is 2.47 bits per heavy atom. The number of benzene rings is 3. The van der Waals surface area contributed by atoms with Crippen LogP contribution in [0.1, 0.15) is 49.7 Å². The molecular weight excluding hydrogens is 406 g/mol. The molecule has 0 saturated carbocycles. The molecule has 0 amide bonds. The molecule has 0 aromatic heterocycles. The molecule has 2 atom stereocenters. The summed E-state index contributed by atoms with van der Waals surface area (Å²) in [5.41, 5.74) is 8.10. The van der Waals surface area contributed by atoms with E-state index in [0.717, 1.165) is 0 Å². The van der Waals surface area contributed by atoms with E-state index >= 15 is 0 Å². The van der Waals surface area contributed by atoms with E-state index in [2.05, 4.69) is 0 Å². The van der Waals surface area contributed by atoms with Gasteiger partial charge in [-0.1, -0.05) is 48.0 Å². The van der Waals surface area contributed by atoms with Gasteiger partial charge in [-0.15, -0.1) is 0 Å². The molecule has 1 aliphatic heterocycles. The molecule has 2 unspecified atom stereocenters. The van der Waals surface area contributed by atoms with Crippen LogP contribution in [0.2, 0.25) is 5.02 Å². The van der Waals surface area contributed by atoms with Gasteiger partial charge in [0.1, 0.15) is 6.04 Å². The van der Waals surface area contributed by atoms with Crippen LogP contribution in [0, 0.1) is 0 Å². The van der Waals surface area contributed by atoms with Crippen LogP contribution in [0.25, 0.3) is 0 Å². The summed E-state index contributed by atoms with van der Waals surface area (Å²) in [4.78, 5) is 37.1. The van der Waals surface area contributed by atoms with Gasteiger partial charge in [0.15, 0.2) is 5.78 Å². The minimum atomic E-state index is -1.16. The highest BCUT2D eigenvalue weighted by Gasteiger charge is 2.34. The Labute approximate surface area is 177 Å². The number of cyclic esters (lactones) is 1. The molecule has 0 saturated heterocycles. The molecule has 0 spiro atoms. The standard InChI is InChI=1S/C23H16ClNO5/c24-16-10-8-13(9-11-16)20(26)15-5-3-4-14(12-15)19(25)22(28)30-23-18-7-2-1-6-17(18)21(27)29-23/h1-12,19,23H,25H2. The number of hydrogen-bond donors (Lipinski definition) is 1. The van der Waals surface area contributed by atoms with Crippen molar-refractivity contribution in [2.24, 2.45) is 5.73 Å². The van der Waals surface area contributed by atoms with E-state index in [9.17, 15) is 14.4 Å². The molecule has 6 nitrogen and oxygen atoms in total. The normalized spacial score (nSPS) is 15.8. The average Bonchev–Trinajstić information content (AvgIpc) is 3.09. The van der Waals surface area contributed by atoms with Crippen molar-refractivity contribution in [1.82, 2.24) is 0 Å². The zero-order valence-electron chi connectivity index (χ0n) is 15.6. The summed E-state index contributed by atoms with van der Waals surface area (Å²) in [5.74, 6) is -1.57. The Morgan fingerprint density at radius 1 is 0.967 bits per heavy atom. The average molecular weight is 422 g/mol. The van der Waals surface area contributed by atoms with Gasteiger partial charge in [0.05, 0.1) is 5.56 Å². The van der Waals surface area contributed by atoms with Crippen LogP contribution in [-0.4, -0.2) is 17.7 Å². The van der Waals surface area contributed by atoms with Crippen LogP contribution >= 0.6 is 11.6 Å². The number of esters is 2. The van der Waals surface area contributed by atoms with E-state index in [1.54, 1.807) is 66.7 Å². The lowest BCUT2D eigenvalue weighted by atomic mass is 9.99. The fourth-order valence-corrected chi connectivity index (χ4v) is 3.28. The number of fused-ring (bicyclic) bond motifs is 1. The zero-order valence-corrected chi connectivity index (χ0v) is 16.3. The first-order valence-electron chi connectivity index (χ1n) is 9.10.